The maximum Gasteiger partial charge on any atom is 0.321 e. The summed E-state index contributed by atoms with van der Waals surface area (Å²) in [6, 6.07) is 17.5. The molecule has 5 heteroatoms. The van der Waals surface area contributed by atoms with Gasteiger partial charge in [0.15, 0.2) is 5.92 Å². The van der Waals surface area contributed by atoms with E-state index in [2.05, 4.69) is 0 Å². The van der Waals surface area contributed by atoms with Gasteiger partial charge < -0.3 is 14.0 Å². The molecule has 0 aliphatic carbocycles. The Morgan fingerprint density at radius 1 is 0.893 bits per heavy atom. The lowest BCUT2D eigenvalue weighted by molar-refractivity contribution is -0.162. The largest absolute Gasteiger partial charge is 0.465 e. The van der Waals surface area contributed by atoms with Crippen molar-refractivity contribution >= 4 is 22.8 Å². The number of hydrogen-bond acceptors (Lipinski definition) is 4. The average Bonchev–Trinajstić information content (AvgIpc) is 3.03. The van der Waals surface area contributed by atoms with Crippen molar-refractivity contribution in [2.75, 3.05) is 13.2 Å². The van der Waals surface area contributed by atoms with Crippen LogP contribution >= 0.6 is 0 Å². The van der Waals surface area contributed by atoms with Crippen LogP contribution in [0.4, 0.5) is 0 Å². The number of fused-ring (bicyclic) bond motifs is 1. The normalized spacial score (nSPS) is 12.1. The summed E-state index contributed by atoms with van der Waals surface area (Å²) < 4.78 is 12.5. The Kier molecular flexibility index (Phi) is 6.14. The lowest BCUT2D eigenvalue weighted by Gasteiger charge is -2.24. The van der Waals surface area contributed by atoms with E-state index < -0.39 is 23.8 Å². The highest BCUT2D eigenvalue weighted by molar-refractivity contribution is 5.98. The van der Waals surface area contributed by atoms with E-state index in [-0.39, 0.29) is 13.2 Å². The van der Waals surface area contributed by atoms with Gasteiger partial charge in [-0.1, -0.05) is 48.5 Å². The minimum atomic E-state index is -1.08. The van der Waals surface area contributed by atoms with E-state index in [0.717, 1.165) is 22.0 Å². The molecule has 2 aromatic carbocycles. The number of hydrogen-bond donors (Lipinski definition) is 0. The van der Waals surface area contributed by atoms with Crippen LogP contribution in [0.2, 0.25) is 0 Å². The fourth-order valence-electron chi connectivity index (χ4n) is 3.67. The van der Waals surface area contributed by atoms with E-state index >= 15 is 0 Å². The average molecular weight is 379 g/mol. The first-order valence-electron chi connectivity index (χ1n) is 9.50. The third-order valence-corrected chi connectivity index (χ3v) is 4.84. The van der Waals surface area contributed by atoms with Crippen molar-refractivity contribution in [2.45, 2.75) is 19.8 Å². The molecule has 0 aliphatic heterocycles. The zero-order chi connectivity index (χ0) is 20.1. The van der Waals surface area contributed by atoms with Crippen LogP contribution in [-0.2, 0) is 26.1 Å². The summed E-state index contributed by atoms with van der Waals surface area (Å²) in [6.45, 7) is 3.86. The molecule has 0 amide bonds. The SMILES string of the molecule is CCOC(=O)C(C(=O)OCC)[C@@H](c1ccccc1)c1cn(C)c2ccccc12. The Morgan fingerprint density at radius 2 is 1.46 bits per heavy atom. The van der Waals surface area contributed by atoms with Crippen molar-refractivity contribution in [1.29, 1.82) is 0 Å². The molecule has 0 radical (unpaired) electrons. The maximum absolute atomic E-state index is 12.9. The number of aromatic nitrogens is 1. The molecule has 3 aromatic rings. The molecule has 0 bridgehead atoms. The number of para-hydroxylation sites is 1. The number of aryl methyl sites for hydroxylation is 1. The van der Waals surface area contributed by atoms with Gasteiger partial charge in [-0.05, 0) is 31.0 Å². The molecule has 5 nitrogen and oxygen atoms in total. The first-order chi connectivity index (χ1) is 13.6. The molecule has 146 valence electrons. The van der Waals surface area contributed by atoms with Crippen molar-refractivity contribution in [3.63, 3.8) is 0 Å². The Balaban J connectivity index is 2.23. The summed E-state index contributed by atoms with van der Waals surface area (Å²) in [6.07, 6.45) is 1.98. The van der Waals surface area contributed by atoms with E-state index in [1.54, 1.807) is 13.8 Å². The van der Waals surface area contributed by atoms with E-state index in [0.29, 0.717) is 0 Å². The predicted molar refractivity (Wildman–Crippen MR) is 108 cm³/mol. The van der Waals surface area contributed by atoms with Crippen LogP contribution in [0.3, 0.4) is 0 Å². The predicted octanol–water partition coefficient (Wildman–Crippen LogP) is 4.05. The van der Waals surface area contributed by atoms with Gasteiger partial charge in [0.05, 0.1) is 13.2 Å². The van der Waals surface area contributed by atoms with Gasteiger partial charge in [-0.3, -0.25) is 9.59 Å². The number of benzene rings is 2. The van der Waals surface area contributed by atoms with Crippen molar-refractivity contribution in [3.8, 4) is 0 Å². The van der Waals surface area contributed by atoms with Crippen LogP contribution in [0.15, 0.2) is 60.8 Å². The number of esters is 2. The minimum absolute atomic E-state index is 0.200. The Labute approximate surface area is 164 Å². The monoisotopic (exact) mass is 379 g/mol. The molecular formula is C23H25NO4. The molecule has 0 N–H and O–H groups in total. The molecule has 28 heavy (non-hydrogen) atoms. The molecular weight excluding hydrogens is 354 g/mol. The number of ether oxygens (including phenoxy) is 2. The molecule has 1 aromatic heterocycles. The fourth-order valence-corrected chi connectivity index (χ4v) is 3.67. The van der Waals surface area contributed by atoms with Gasteiger partial charge in [0.1, 0.15) is 0 Å². The molecule has 0 spiro atoms. The highest BCUT2D eigenvalue weighted by Crippen LogP contribution is 2.38. The molecule has 0 saturated carbocycles. The van der Waals surface area contributed by atoms with Gasteiger partial charge in [0.25, 0.3) is 0 Å². The molecule has 0 unspecified atom stereocenters. The summed E-state index contributed by atoms with van der Waals surface area (Å²) in [5.74, 6) is -2.72. The Morgan fingerprint density at radius 3 is 2.07 bits per heavy atom. The molecule has 1 heterocycles. The van der Waals surface area contributed by atoms with Crippen molar-refractivity contribution in [3.05, 3.63) is 71.9 Å². The van der Waals surface area contributed by atoms with Crippen LogP contribution in [-0.4, -0.2) is 29.7 Å². The zero-order valence-corrected chi connectivity index (χ0v) is 16.4. The van der Waals surface area contributed by atoms with Gasteiger partial charge in [0.2, 0.25) is 0 Å². The lowest BCUT2D eigenvalue weighted by Crippen LogP contribution is -2.34. The second-order valence-electron chi connectivity index (χ2n) is 6.58. The van der Waals surface area contributed by atoms with Crippen LogP contribution in [0, 0.1) is 5.92 Å². The van der Waals surface area contributed by atoms with Gasteiger partial charge >= 0.3 is 11.9 Å². The van der Waals surface area contributed by atoms with Crippen molar-refractivity contribution in [1.82, 2.24) is 4.57 Å². The van der Waals surface area contributed by atoms with E-state index in [9.17, 15) is 9.59 Å². The van der Waals surface area contributed by atoms with Crippen LogP contribution in [0.25, 0.3) is 10.9 Å². The molecule has 0 fully saturated rings. The van der Waals surface area contributed by atoms with Crippen molar-refractivity contribution < 1.29 is 19.1 Å². The number of nitrogens with zero attached hydrogens (tertiary/aromatic N) is 1. The zero-order valence-electron chi connectivity index (χ0n) is 16.4. The van der Waals surface area contributed by atoms with Crippen LogP contribution < -0.4 is 0 Å². The summed E-state index contributed by atoms with van der Waals surface area (Å²) in [5.41, 5.74) is 2.80. The number of carbonyl (C=O) groups excluding carboxylic acids is 2. The summed E-state index contributed by atoms with van der Waals surface area (Å²) in [5, 5.41) is 0.998. The summed E-state index contributed by atoms with van der Waals surface area (Å²) in [7, 11) is 1.96. The molecule has 1 atom stereocenters. The van der Waals surface area contributed by atoms with Crippen LogP contribution in [0.5, 0.6) is 0 Å². The van der Waals surface area contributed by atoms with Gasteiger partial charge in [-0.15, -0.1) is 0 Å². The minimum Gasteiger partial charge on any atom is -0.465 e. The van der Waals surface area contributed by atoms with Gasteiger partial charge in [0, 0.05) is 30.1 Å². The second-order valence-corrected chi connectivity index (χ2v) is 6.58. The quantitative estimate of drug-likeness (QED) is 0.459. The molecule has 3 rings (SSSR count). The number of rotatable bonds is 7. The molecule has 0 aliphatic rings. The summed E-state index contributed by atoms with van der Waals surface area (Å²) >= 11 is 0. The lowest BCUT2D eigenvalue weighted by atomic mass is 9.80. The molecule has 0 saturated heterocycles. The summed E-state index contributed by atoms with van der Waals surface area (Å²) in [4.78, 5) is 25.7. The topological polar surface area (TPSA) is 57.5 Å². The first kappa shape index (κ1) is 19.7. The Bertz CT molecular complexity index is 943. The second kappa shape index (κ2) is 8.74. The van der Waals surface area contributed by atoms with E-state index in [1.165, 1.54) is 0 Å². The third-order valence-electron chi connectivity index (χ3n) is 4.84. The van der Waals surface area contributed by atoms with Gasteiger partial charge in [-0.25, -0.2) is 0 Å². The first-order valence-corrected chi connectivity index (χ1v) is 9.50. The maximum atomic E-state index is 12.9. The third kappa shape index (κ3) is 3.79. The standard InChI is InChI=1S/C23H25NO4/c1-4-27-22(25)21(23(26)28-5-2)20(16-11-7-6-8-12-16)18-15-24(3)19-14-10-9-13-17(18)19/h6-15,20-21H,4-5H2,1-3H3/t20-/m0/s1. The van der Waals surface area contributed by atoms with Crippen LogP contribution in [0.1, 0.15) is 30.9 Å². The van der Waals surface area contributed by atoms with Gasteiger partial charge in [-0.2, -0.15) is 0 Å². The van der Waals surface area contributed by atoms with E-state index in [1.807, 2.05) is 72.4 Å². The highest BCUT2D eigenvalue weighted by atomic mass is 16.6. The fraction of sp³-hybridized carbons (Fsp3) is 0.304. The highest BCUT2D eigenvalue weighted by Gasteiger charge is 2.40. The Hall–Kier alpha value is -3.08. The van der Waals surface area contributed by atoms with Crippen molar-refractivity contribution in [2.24, 2.45) is 13.0 Å². The van der Waals surface area contributed by atoms with E-state index in [4.69, 9.17) is 9.47 Å². The smallest absolute Gasteiger partial charge is 0.321 e. The number of carbonyl (C=O) groups is 2.